The second-order valence-corrected chi connectivity index (χ2v) is 19.3. The molecule has 0 saturated carbocycles. The Morgan fingerprint density at radius 3 is 1.72 bits per heavy atom. The number of nitrogens with one attached hydrogen (secondary N) is 7. The van der Waals surface area contributed by atoms with Gasteiger partial charge >= 0.3 is 11.9 Å². The zero-order chi connectivity index (χ0) is 54.6. The third-order valence-corrected chi connectivity index (χ3v) is 12.2. The van der Waals surface area contributed by atoms with Gasteiger partial charge in [0, 0.05) is 19.4 Å². The highest BCUT2D eigenvalue weighted by molar-refractivity contribution is 5.99. The number of hydrogen-bond donors (Lipinski definition) is 12. The first-order chi connectivity index (χ1) is 33.7. The van der Waals surface area contributed by atoms with Crippen molar-refractivity contribution in [1.82, 2.24) is 42.1 Å². The first kappa shape index (κ1) is 61.4. The van der Waals surface area contributed by atoms with E-state index in [0.29, 0.717) is 24.8 Å². The third-order valence-electron chi connectivity index (χ3n) is 12.2. The van der Waals surface area contributed by atoms with Crippen molar-refractivity contribution in [2.45, 2.75) is 161 Å². The maximum absolute atomic E-state index is 14.4. The zero-order valence-corrected chi connectivity index (χ0v) is 42.4. The van der Waals surface area contributed by atoms with Gasteiger partial charge in [-0.15, -0.1) is 0 Å². The molecule has 1 aliphatic rings. The van der Waals surface area contributed by atoms with Gasteiger partial charge in [0.15, 0.2) is 0 Å². The number of likely N-dealkylation sites (tertiary alicyclic amines) is 1. The van der Waals surface area contributed by atoms with Crippen molar-refractivity contribution in [3.8, 4) is 0 Å². The predicted octanol–water partition coefficient (Wildman–Crippen LogP) is -1.84. The molecule has 0 bridgehead atoms. The number of aliphatic hydroxyl groups is 1. The normalized spacial score (nSPS) is 17.2. The molecule has 14 N–H and O–H groups in total. The molecule has 1 aromatic rings. The van der Waals surface area contributed by atoms with Crippen LogP contribution in [0.1, 0.15) is 106 Å². The number of carboxylic acid groups (broad SMARTS) is 2. The Kier molecular flexibility index (Phi) is 25.3. The van der Waals surface area contributed by atoms with Crippen molar-refractivity contribution in [2.24, 2.45) is 35.1 Å². The molecule has 24 heteroatoms. The van der Waals surface area contributed by atoms with Gasteiger partial charge < -0.3 is 68.9 Å². The van der Waals surface area contributed by atoms with E-state index >= 15 is 0 Å². The fourth-order valence-corrected chi connectivity index (χ4v) is 7.86. The number of rotatable bonds is 30. The van der Waals surface area contributed by atoms with E-state index in [2.05, 4.69) is 37.2 Å². The van der Waals surface area contributed by atoms with E-state index in [0.717, 1.165) is 0 Å². The number of hydrogen-bond acceptors (Lipinski definition) is 13. The van der Waals surface area contributed by atoms with E-state index in [1.807, 2.05) is 13.8 Å². The number of benzene rings is 1. The van der Waals surface area contributed by atoms with Crippen LogP contribution in [0.25, 0.3) is 0 Å². The number of nitrogens with two attached hydrogens (primary N) is 2. The smallest absolute Gasteiger partial charge is 0.326 e. The largest absolute Gasteiger partial charge is 0.481 e. The topological polar surface area (TPSA) is 388 Å². The molecule has 1 saturated heterocycles. The van der Waals surface area contributed by atoms with Gasteiger partial charge in [0.05, 0.1) is 19.1 Å². The Balaban J connectivity index is 2.38. The van der Waals surface area contributed by atoms with Gasteiger partial charge in [-0.2, -0.15) is 0 Å². The molecule has 402 valence electrons. The van der Waals surface area contributed by atoms with Crippen LogP contribution in [0.5, 0.6) is 0 Å². The van der Waals surface area contributed by atoms with Gasteiger partial charge in [-0.1, -0.05) is 92.1 Å². The van der Waals surface area contributed by atoms with Crippen molar-refractivity contribution in [3.05, 3.63) is 35.9 Å². The van der Waals surface area contributed by atoms with E-state index < -0.39 is 163 Å². The van der Waals surface area contributed by atoms with Crippen molar-refractivity contribution >= 4 is 65.1 Å². The van der Waals surface area contributed by atoms with E-state index in [-0.39, 0.29) is 25.3 Å². The van der Waals surface area contributed by atoms with E-state index in [4.69, 9.17) is 11.5 Å². The van der Waals surface area contributed by atoms with Crippen LogP contribution in [-0.4, -0.2) is 153 Å². The summed E-state index contributed by atoms with van der Waals surface area (Å²) in [4.78, 5) is 147. The highest BCUT2D eigenvalue weighted by atomic mass is 16.4. The van der Waals surface area contributed by atoms with Crippen LogP contribution in [0.4, 0.5) is 0 Å². The number of primary amides is 1. The van der Waals surface area contributed by atoms with Crippen LogP contribution in [0.2, 0.25) is 0 Å². The summed E-state index contributed by atoms with van der Waals surface area (Å²) >= 11 is 0. The minimum atomic E-state index is -1.80. The molecule has 0 unspecified atom stereocenters. The molecule has 1 heterocycles. The highest BCUT2D eigenvalue weighted by Gasteiger charge is 2.42. The Morgan fingerprint density at radius 2 is 1.19 bits per heavy atom. The standard InChI is InChI=1S/C48H76N10O14/c1-9-27(8)39(57-40(63)29(49)20-24(2)3)46(69)53-32(22-36(61)62)43(66)51-30(17-18-35(50)60)41(64)55-37(25(4)5)47(70)58-19-13-16-34(58)45(68)52-31(21-28-14-11-10-12-15-28)42(65)54-33(23-59)44(67)56-38(26(6)7)48(71)72/h10-12,14-15,24-27,29-34,37-39,59H,9,13,16-23,49H2,1-8H3,(H2,50,60)(H,51,66)(H,52,68)(H,53,69)(H,54,65)(H,55,64)(H,56,67)(H,57,63)(H,61,62)(H,71,72)/t27-,29-,30-,31-,32-,33-,34-,37-,38-,39-/m0/s1. The second kappa shape index (κ2) is 29.6. The van der Waals surface area contributed by atoms with Crippen LogP contribution >= 0.6 is 0 Å². The number of carbonyl (C=O) groups is 11. The van der Waals surface area contributed by atoms with Crippen LogP contribution in [-0.2, 0) is 59.2 Å². The van der Waals surface area contributed by atoms with E-state index in [1.54, 1.807) is 71.9 Å². The molecule has 1 fully saturated rings. The Bertz CT molecular complexity index is 2070. The number of amides is 9. The van der Waals surface area contributed by atoms with Crippen molar-refractivity contribution in [1.29, 1.82) is 0 Å². The summed E-state index contributed by atoms with van der Waals surface area (Å²) in [5.74, 6) is -12.4. The maximum Gasteiger partial charge on any atom is 0.326 e. The molecule has 0 aliphatic carbocycles. The average Bonchev–Trinajstić information content (AvgIpc) is 3.81. The monoisotopic (exact) mass is 1020 g/mol. The maximum atomic E-state index is 14.4. The highest BCUT2D eigenvalue weighted by Crippen LogP contribution is 2.22. The molecule has 24 nitrogen and oxygen atoms in total. The van der Waals surface area contributed by atoms with Crippen molar-refractivity contribution in [2.75, 3.05) is 13.2 Å². The average molecular weight is 1020 g/mol. The number of carboxylic acids is 2. The summed E-state index contributed by atoms with van der Waals surface area (Å²) in [7, 11) is 0. The molecular weight excluding hydrogens is 941 g/mol. The Hall–Kier alpha value is -6.69. The quantitative estimate of drug-likeness (QED) is 0.0403. The van der Waals surface area contributed by atoms with Gasteiger partial charge in [0.25, 0.3) is 0 Å². The molecule has 2 rings (SSSR count). The van der Waals surface area contributed by atoms with Crippen LogP contribution < -0.4 is 48.7 Å². The number of aliphatic carboxylic acids is 2. The van der Waals surface area contributed by atoms with Gasteiger partial charge in [-0.05, 0) is 54.9 Å². The van der Waals surface area contributed by atoms with E-state index in [1.165, 1.54) is 4.90 Å². The molecule has 9 amide bonds. The summed E-state index contributed by atoms with van der Waals surface area (Å²) < 4.78 is 0. The lowest BCUT2D eigenvalue weighted by Gasteiger charge is -2.32. The van der Waals surface area contributed by atoms with Crippen LogP contribution in [0, 0.1) is 23.7 Å². The van der Waals surface area contributed by atoms with Crippen LogP contribution in [0.15, 0.2) is 30.3 Å². The predicted molar refractivity (Wildman–Crippen MR) is 260 cm³/mol. The zero-order valence-electron chi connectivity index (χ0n) is 42.4. The minimum Gasteiger partial charge on any atom is -0.481 e. The molecule has 72 heavy (non-hydrogen) atoms. The second-order valence-electron chi connectivity index (χ2n) is 19.3. The number of aliphatic hydroxyl groups excluding tert-OH is 1. The summed E-state index contributed by atoms with van der Waals surface area (Å²) in [6, 6.07) is -3.98. The SMILES string of the molecule is CC[C@H](C)[C@H](NC(=O)[C@@H](N)CC(C)C)C(=O)N[C@@H](CC(=O)O)C(=O)N[C@@H](CCC(N)=O)C(=O)N[C@H](C(=O)N1CCC[C@H]1C(=O)N[C@@H](Cc1ccccc1)C(=O)N[C@@H](CO)C(=O)N[C@H](C(=O)O)C(C)C)C(C)C. The summed E-state index contributed by atoms with van der Waals surface area (Å²) in [5.41, 5.74) is 12.0. The fourth-order valence-electron chi connectivity index (χ4n) is 7.86. The van der Waals surface area contributed by atoms with Gasteiger partial charge in [-0.25, -0.2) is 4.79 Å². The first-order valence-corrected chi connectivity index (χ1v) is 24.3. The summed E-state index contributed by atoms with van der Waals surface area (Å²) in [5, 5.41) is 46.6. The lowest BCUT2D eigenvalue weighted by Crippen LogP contribution is -2.61. The molecule has 1 aromatic carbocycles. The Morgan fingerprint density at radius 1 is 0.667 bits per heavy atom. The van der Waals surface area contributed by atoms with Crippen LogP contribution in [0.3, 0.4) is 0 Å². The lowest BCUT2D eigenvalue weighted by atomic mass is 9.96. The third kappa shape index (κ3) is 19.5. The molecule has 0 radical (unpaired) electrons. The van der Waals surface area contributed by atoms with Crippen molar-refractivity contribution in [3.63, 3.8) is 0 Å². The summed E-state index contributed by atoms with van der Waals surface area (Å²) in [6.07, 6.45) is -0.793. The van der Waals surface area contributed by atoms with Gasteiger partial charge in [0.1, 0.15) is 48.3 Å². The fraction of sp³-hybridized carbons (Fsp3) is 0.646. The van der Waals surface area contributed by atoms with E-state index in [9.17, 15) is 68.1 Å². The number of nitrogens with zero attached hydrogens (tertiary/aromatic N) is 1. The summed E-state index contributed by atoms with van der Waals surface area (Å²) in [6.45, 7) is 12.6. The Labute approximate surface area is 419 Å². The minimum absolute atomic E-state index is 0.0408. The lowest BCUT2D eigenvalue weighted by molar-refractivity contribution is -0.144. The van der Waals surface area contributed by atoms with Crippen molar-refractivity contribution < 1.29 is 68.1 Å². The molecular formula is C48H76N10O14. The van der Waals surface area contributed by atoms with Gasteiger partial charge in [0.2, 0.25) is 53.2 Å². The first-order valence-electron chi connectivity index (χ1n) is 24.3. The molecule has 0 aromatic heterocycles. The molecule has 10 atom stereocenters. The number of carbonyl (C=O) groups excluding carboxylic acids is 9. The van der Waals surface area contributed by atoms with Gasteiger partial charge in [-0.3, -0.25) is 47.9 Å². The molecule has 0 spiro atoms. The molecule has 1 aliphatic heterocycles.